The van der Waals surface area contributed by atoms with Crippen LogP contribution in [-0.4, -0.2) is 25.4 Å². The SMILES string of the molecule is CNC(=O)CCNC(=O)/C=C/c1ccc(C2CC2C)o1. The molecule has 0 radical (unpaired) electrons. The Balaban J connectivity index is 1.75. The Labute approximate surface area is 118 Å². The molecule has 0 saturated heterocycles. The number of carbonyl (C=O) groups is 2. The van der Waals surface area contributed by atoms with E-state index in [-0.39, 0.29) is 18.2 Å². The second kappa shape index (κ2) is 6.41. The lowest BCUT2D eigenvalue weighted by molar-refractivity contribution is -0.120. The Morgan fingerprint density at radius 2 is 2.20 bits per heavy atom. The molecule has 1 aromatic heterocycles. The van der Waals surface area contributed by atoms with Crippen LogP contribution in [0.1, 0.15) is 37.2 Å². The van der Waals surface area contributed by atoms with E-state index in [0.29, 0.717) is 24.1 Å². The summed E-state index contributed by atoms with van der Waals surface area (Å²) < 4.78 is 5.66. The zero-order chi connectivity index (χ0) is 14.5. The van der Waals surface area contributed by atoms with Gasteiger partial charge in [-0.2, -0.15) is 0 Å². The van der Waals surface area contributed by atoms with Crippen molar-refractivity contribution < 1.29 is 14.0 Å². The van der Waals surface area contributed by atoms with Crippen molar-refractivity contribution in [3.05, 3.63) is 29.7 Å². The summed E-state index contributed by atoms with van der Waals surface area (Å²) in [5, 5.41) is 5.13. The van der Waals surface area contributed by atoms with E-state index in [1.54, 1.807) is 13.1 Å². The van der Waals surface area contributed by atoms with E-state index in [1.165, 1.54) is 12.5 Å². The third-order valence-electron chi connectivity index (χ3n) is 3.45. The van der Waals surface area contributed by atoms with Crippen LogP contribution in [0.2, 0.25) is 0 Å². The molecule has 108 valence electrons. The number of rotatable bonds is 6. The number of nitrogens with one attached hydrogen (secondary N) is 2. The Morgan fingerprint density at radius 3 is 2.85 bits per heavy atom. The van der Waals surface area contributed by atoms with E-state index in [9.17, 15) is 9.59 Å². The first kappa shape index (κ1) is 14.4. The maximum atomic E-state index is 11.5. The Hall–Kier alpha value is -2.04. The fourth-order valence-corrected chi connectivity index (χ4v) is 2.02. The first-order valence-electron chi connectivity index (χ1n) is 6.86. The van der Waals surface area contributed by atoms with Gasteiger partial charge in [-0.1, -0.05) is 6.92 Å². The summed E-state index contributed by atoms with van der Waals surface area (Å²) in [6, 6.07) is 3.84. The molecular weight excluding hydrogens is 256 g/mol. The number of hydrogen-bond donors (Lipinski definition) is 2. The van der Waals surface area contributed by atoms with Crippen molar-refractivity contribution in [2.24, 2.45) is 5.92 Å². The minimum absolute atomic E-state index is 0.0940. The number of amides is 2. The predicted molar refractivity (Wildman–Crippen MR) is 76.0 cm³/mol. The van der Waals surface area contributed by atoms with Gasteiger partial charge in [0.25, 0.3) is 0 Å². The molecule has 1 aliphatic carbocycles. The molecule has 0 aliphatic heterocycles. The van der Waals surface area contributed by atoms with Gasteiger partial charge in [0.1, 0.15) is 11.5 Å². The highest BCUT2D eigenvalue weighted by molar-refractivity contribution is 5.91. The van der Waals surface area contributed by atoms with Gasteiger partial charge in [-0.15, -0.1) is 0 Å². The van der Waals surface area contributed by atoms with Crippen molar-refractivity contribution in [3.8, 4) is 0 Å². The van der Waals surface area contributed by atoms with Crippen LogP contribution in [0.3, 0.4) is 0 Å². The lowest BCUT2D eigenvalue weighted by Gasteiger charge is -2.00. The zero-order valence-corrected chi connectivity index (χ0v) is 11.8. The Kier molecular flexibility index (Phi) is 4.61. The first-order chi connectivity index (χ1) is 9.60. The fraction of sp³-hybridized carbons (Fsp3) is 0.467. The van der Waals surface area contributed by atoms with Crippen molar-refractivity contribution in [1.29, 1.82) is 0 Å². The van der Waals surface area contributed by atoms with E-state index >= 15 is 0 Å². The molecule has 2 amide bonds. The normalized spacial score (nSPS) is 20.9. The van der Waals surface area contributed by atoms with Gasteiger partial charge in [-0.25, -0.2) is 0 Å². The highest BCUT2D eigenvalue weighted by atomic mass is 16.3. The maximum absolute atomic E-state index is 11.5. The quantitative estimate of drug-likeness (QED) is 0.776. The van der Waals surface area contributed by atoms with E-state index in [0.717, 1.165) is 5.76 Å². The van der Waals surface area contributed by atoms with Crippen LogP contribution in [0.25, 0.3) is 6.08 Å². The van der Waals surface area contributed by atoms with Gasteiger partial charge in [-0.3, -0.25) is 9.59 Å². The van der Waals surface area contributed by atoms with Crippen LogP contribution in [0.5, 0.6) is 0 Å². The summed E-state index contributed by atoms with van der Waals surface area (Å²) in [5.74, 6) is 2.59. The number of hydrogen-bond acceptors (Lipinski definition) is 3. The highest BCUT2D eigenvalue weighted by Crippen LogP contribution is 2.47. The summed E-state index contributed by atoms with van der Waals surface area (Å²) in [6.07, 6.45) is 4.52. The monoisotopic (exact) mass is 276 g/mol. The average Bonchev–Trinajstić information content (AvgIpc) is 2.99. The molecule has 5 heteroatoms. The molecule has 0 spiro atoms. The van der Waals surface area contributed by atoms with E-state index in [1.807, 2.05) is 12.1 Å². The highest BCUT2D eigenvalue weighted by Gasteiger charge is 2.36. The molecule has 2 N–H and O–H groups in total. The second-order valence-corrected chi connectivity index (χ2v) is 5.11. The topological polar surface area (TPSA) is 71.3 Å². The second-order valence-electron chi connectivity index (χ2n) is 5.11. The summed E-state index contributed by atoms with van der Waals surface area (Å²) in [6.45, 7) is 2.52. The lowest BCUT2D eigenvalue weighted by Crippen LogP contribution is -2.27. The standard InChI is InChI=1S/C15H20N2O3/c1-10-9-12(10)13-5-3-11(20-13)4-6-15(19)17-8-7-14(18)16-2/h3-6,10,12H,7-9H2,1-2H3,(H,16,18)(H,17,19)/b6-4+. The van der Waals surface area contributed by atoms with Gasteiger partial charge >= 0.3 is 0 Å². The summed E-state index contributed by atoms with van der Waals surface area (Å²) >= 11 is 0. The molecule has 2 atom stereocenters. The van der Waals surface area contributed by atoms with Crippen LogP contribution in [-0.2, 0) is 9.59 Å². The fourth-order valence-electron chi connectivity index (χ4n) is 2.02. The van der Waals surface area contributed by atoms with Crippen LogP contribution in [0.15, 0.2) is 22.6 Å². The largest absolute Gasteiger partial charge is 0.461 e. The molecule has 1 saturated carbocycles. The maximum Gasteiger partial charge on any atom is 0.244 e. The van der Waals surface area contributed by atoms with Crippen LogP contribution in [0.4, 0.5) is 0 Å². The Bertz CT molecular complexity index is 519. The van der Waals surface area contributed by atoms with E-state index in [2.05, 4.69) is 17.6 Å². The van der Waals surface area contributed by atoms with Crippen LogP contribution >= 0.6 is 0 Å². The summed E-state index contributed by atoms with van der Waals surface area (Å²) in [5.41, 5.74) is 0. The molecule has 0 aromatic carbocycles. The molecule has 1 fully saturated rings. The molecular formula is C15H20N2O3. The molecule has 1 aromatic rings. The van der Waals surface area contributed by atoms with E-state index < -0.39 is 0 Å². The van der Waals surface area contributed by atoms with E-state index in [4.69, 9.17) is 4.42 Å². The zero-order valence-electron chi connectivity index (χ0n) is 11.8. The number of furan rings is 1. The van der Waals surface area contributed by atoms with Crippen molar-refractivity contribution in [1.82, 2.24) is 10.6 Å². The smallest absolute Gasteiger partial charge is 0.244 e. The molecule has 2 rings (SSSR count). The average molecular weight is 276 g/mol. The molecule has 5 nitrogen and oxygen atoms in total. The van der Waals surface area contributed by atoms with Crippen molar-refractivity contribution >= 4 is 17.9 Å². The van der Waals surface area contributed by atoms with Crippen molar-refractivity contribution in [2.45, 2.75) is 25.7 Å². The van der Waals surface area contributed by atoms with Crippen LogP contribution < -0.4 is 10.6 Å². The lowest BCUT2D eigenvalue weighted by atomic mass is 10.3. The Morgan fingerprint density at radius 1 is 1.45 bits per heavy atom. The summed E-state index contributed by atoms with van der Waals surface area (Å²) in [7, 11) is 1.57. The molecule has 2 unspecified atom stereocenters. The minimum Gasteiger partial charge on any atom is -0.461 e. The first-order valence-corrected chi connectivity index (χ1v) is 6.86. The third kappa shape index (κ3) is 3.98. The van der Waals surface area contributed by atoms with Gasteiger partial charge < -0.3 is 15.1 Å². The predicted octanol–water partition coefficient (Wildman–Crippen LogP) is 1.67. The van der Waals surface area contributed by atoms with Crippen molar-refractivity contribution in [2.75, 3.05) is 13.6 Å². The molecule has 20 heavy (non-hydrogen) atoms. The molecule has 1 heterocycles. The van der Waals surface area contributed by atoms with Crippen molar-refractivity contribution in [3.63, 3.8) is 0 Å². The molecule has 1 aliphatic rings. The van der Waals surface area contributed by atoms with Gasteiger partial charge in [-0.05, 0) is 30.5 Å². The van der Waals surface area contributed by atoms with Gasteiger partial charge in [0.15, 0.2) is 0 Å². The van der Waals surface area contributed by atoms with Gasteiger partial charge in [0.2, 0.25) is 11.8 Å². The van der Waals surface area contributed by atoms with Gasteiger partial charge in [0, 0.05) is 32.0 Å². The van der Waals surface area contributed by atoms with Crippen LogP contribution in [0, 0.1) is 5.92 Å². The van der Waals surface area contributed by atoms with Gasteiger partial charge in [0.05, 0.1) is 0 Å². The summed E-state index contributed by atoms with van der Waals surface area (Å²) in [4.78, 5) is 22.5. The number of carbonyl (C=O) groups excluding carboxylic acids is 2. The molecule has 0 bridgehead atoms. The third-order valence-corrected chi connectivity index (χ3v) is 3.45. The minimum atomic E-state index is -0.230.